The minimum Gasteiger partial charge on any atom is -0.478 e. The summed E-state index contributed by atoms with van der Waals surface area (Å²) in [5.74, 6) is -0.970. The van der Waals surface area contributed by atoms with Gasteiger partial charge in [0.2, 0.25) is 0 Å². The number of aryl methyl sites for hydroxylation is 1. The van der Waals surface area contributed by atoms with E-state index in [2.05, 4.69) is 29.4 Å². The van der Waals surface area contributed by atoms with Crippen LogP contribution in [0.25, 0.3) is 0 Å². The molecule has 0 bridgehead atoms. The molecule has 0 fully saturated rings. The van der Waals surface area contributed by atoms with Crippen LogP contribution in [0.2, 0.25) is 0 Å². The molecule has 6 nitrogen and oxygen atoms in total. The van der Waals surface area contributed by atoms with Crippen LogP contribution < -0.4 is 10.6 Å². The predicted octanol–water partition coefficient (Wildman–Crippen LogP) is 2.16. The smallest absolute Gasteiger partial charge is 0.335 e. The molecule has 0 aliphatic heterocycles. The average Bonchev–Trinajstić information content (AvgIpc) is 2.43. The largest absolute Gasteiger partial charge is 0.478 e. The number of carboxylic acids is 1. The lowest BCUT2D eigenvalue weighted by Crippen LogP contribution is -2.36. The summed E-state index contributed by atoms with van der Waals surface area (Å²) in [6.45, 7) is 9.14. The molecular formula is C15H23N3O3. The predicted molar refractivity (Wildman–Crippen MR) is 82.9 cm³/mol. The van der Waals surface area contributed by atoms with Crippen molar-refractivity contribution in [2.75, 3.05) is 31.5 Å². The van der Waals surface area contributed by atoms with Gasteiger partial charge in [-0.25, -0.2) is 9.59 Å². The Morgan fingerprint density at radius 2 is 1.90 bits per heavy atom. The van der Waals surface area contributed by atoms with Crippen LogP contribution in [0.4, 0.5) is 10.5 Å². The molecule has 0 aromatic heterocycles. The minimum atomic E-state index is -0.970. The zero-order valence-electron chi connectivity index (χ0n) is 12.8. The third-order valence-corrected chi connectivity index (χ3v) is 3.32. The third kappa shape index (κ3) is 5.43. The molecule has 2 amide bonds. The van der Waals surface area contributed by atoms with Gasteiger partial charge in [-0.05, 0) is 43.8 Å². The summed E-state index contributed by atoms with van der Waals surface area (Å²) in [4.78, 5) is 24.9. The van der Waals surface area contributed by atoms with Gasteiger partial charge in [0, 0.05) is 18.8 Å². The molecule has 0 unspecified atom stereocenters. The fraction of sp³-hybridized carbons (Fsp3) is 0.467. The number of hydrogen-bond donors (Lipinski definition) is 3. The summed E-state index contributed by atoms with van der Waals surface area (Å²) >= 11 is 0. The lowest BCUT2D eigenvalue weighted by atomic mass is 10.1. The summed E-state index contributed by atoms with van der Waals surface area (Å²) in [5.41, 5.74) is 1.43. The van der Waals surface area contributed by atoms with Crippen LogP contribution in [0.15, 0.2) is 18.2 Å². The molecule has 1 aromatic rings. The maximum absolute atomic E-state index is 11.7. The maximum Gasteiger partial charge on any atom is 0.335 e. The highest BCUT2D eigenvalue weighted by Gasteiger charge is 2.08. The number of nitrogens with zero attached hydrogens (tertiary/aromatic N) is 1. The summed E-state index contributed by atoms with van der Waals surface area (Å²) in [6, 6.07) is 4.43. The molecule has 6 heteroatoms. The number of nitrogens with one attached hydrogen (secondary N) is 2. The van der Waals surface area contributed by atoms with Gasteiger partial charge in [-0.2, -0.15) is 0 Å². The fourth-order valence-corrected chi connectivity index (χ4v) is 2.02. The second-order valence-electron chi connectivity index (χ2n) is 4.74. The van der Waals surface area contributed by atoms with Crippen LogP contribution in [-0.2, 0) is 0 Å². The number of carbonyl (C=O) groups excluding carboxylic acids is 1. The van der Waals surface area contributed by atoms with Crippen LogP contribution >= 0.6 is 0 Å². The molecule has 0 aliphatic rings. The van der Waals surface area contributed by atoms with Crippen molar-refractivity contribution in [3.05, 3.63) is 29.3 Å². The lowest BCUT2D eigenvalue weighted by molar-refractivity contribution is 0.0696. The Labute approximate surface area is 125 Å². The Kier molecular flexibility index (Phi) is 6.68. The van der Waals surface area contributed by atoms with Crippen molar-refractivity contribution in [3.63, 3.8) is 0 Å². The number of hydrogen-bond acceptors (Lipinski definition) is 3. The maximum atomic E-state index is 11.7. The molecule has 0 spiro atoms. The van der Waals surface area contributed by atoms with Crippen molar-refractivity contribution in [3.8, 4) is 0 Å². The van der Waals surface area contributed by atoms with Gasteiger partial charge in [-0.1, -0.05) is 13.8 Å². The van der Waals surface area contributed by atoms with Gasteiger partial charge >= 0.3 is 12.0 Å². The van der Waals surface area contributed by atoms with E-state index in [0.29, 0.717) is 17.8 Å². The molecule has 0 heterocycles. The van der Waals surface area contributed by atoms with Gasteiger partial charge < -0.3 is 20.6 Å². The highest BCUT2D eigenvalue weighted by Crippen LogP contribution is 2.15. The number of aromatic carboxylic acids is 1. The Morgan fingerprint density at radius 1 is 1.24 bits per heavy atom. The van der Waals surface area contributed by atoms with Gasteiger partial charge in [0.1, 0.15) is 0 Å². The highest BCUT2D eigenvalue weighted by atomic mass is 16.4. The first-order valence-electron chi connectivity index (χ1n) is 7.09. The van der Waals surface area contributed by atoms with Crippen molar-refractivity contribution in [2.45, 2.75) is 20.8 Å². The van der Waals surface area contributed by atoms with Crippen LogP contribution in [-0.4, -0.2) is 48.2 Å². The van der Waals surface area contributed by atoms with Crippen LogP contribution in [0.1, 0.15) is 29.8 Å². The Morgan fingerprint density at radius 3 is 2.43 bits per heavy atom. The van der Waals surface area contributed by atoms with E-state index >= 15 is 0 Å². The summed E-state index contributed by atoms with van der Waals surface area (Å²) in [6.07, 6.45) is 0. The quantitative estimate of drug-likeness (QED) is 0.719. The second kappa shape index (κ2) is 8.26. The molecule has 3 N–H and O–H groups in total. The van der Waals surface area contributed by atoms with E-state index in [0.717, 1.165) is 19.6 Å². The third-order valence-electron chi connectivity index (χ3n) is 3.32. The molecule has 1 rings (SSSR count). The average molecular weight is 293 g/mol. The standard InChI is InChI=1S/C15H23N3O3/c1-4-18(5-2)9-8-16-15(21)17-12-6-7-13(14(19)20)11(3)10-12/h6-7,10H,4-5,8-9H2,1-3H3,(H,19,20)(H2,16,17,21). The van der Waals surface area contributed by atoms with E-state index in [9.17, 15) is 9.59 Å². The number of likely N-dealkylation sites (N-methyl/N-ethyl adjacent to an activating group) is 1. The van der Waals surface area contributed by atoms with Crippen molar-refractivity contribution < 1.29 is 14.7 Å². The van der Waals surface area contributed by atoms with Crippen LogP contribution in [0.3, 0.4) is 0 Å². The van der Waals surface area contributed by atoms with Crippen LogP contribution in [0, 0.1) is 6.92 Å². The Balaban J connectivity index is 2.48. The summed E-state index contributed by atoms with van der Waals surface area (Å²) in [5, 5.41) is 14.4. The zero-order valence-corrected chi connectivity index (χ0v) is 12.8. The van der Waals surface area contributed by atoms with Gasteiger partial charge in [0.05, 0.1) is 5.56 Å². The second-order valence-corrected chi connectivity index (χ2v) is 4.74. The van der Waals surface area contributed by atoms with E-state index in [1.54, 1.807) is 19.1 Å². The topological polar surface area (TPSA) is 81.7 Å². The Bertz CT molecular complexity index is 499. The number of rotatable bonds is 7. The normalized spacial score (nSPS) is 10.5. The molecule has 0 aliphatic carbocycles. The zero-order chi connectivity index (χ0) is 15.8. The lowest BCUT2D eigenvalue weighted by Gasteiger charge is -2.18. The van der Waals surface area contributed by atoms with Gasteiger partial charge in [0.15, 0.2) is 0 Å². The van der Waals surface area contributed by atoms with E-state index in [4.69, 9.17) is 5.11 Å². The van der Waals surface area contributed by atoms with E-state index < -0.39 is 5.97 Å². The SMILES string of the molecule is CCN(CC)CCNC(=O)Nc1ccc(C(=O)O)c(C)c1. The first-order chi connectivity index (χ1) is 9.97. The van der Waals surface area contributed by atoms with Crippen molar-refractivity contribution in [2.24, 2.45) is 0 Å². The monoisotopic (exact) mass is 293 g/mol. The molecular weight excluding hydrogens is 270 g/mol. The number of carboxylic acid groups (broad SMARTS) is 1. The van der Waals surface area contributed by atoms with Crippen molar-refractivity contribution >= 4 is 17.7 Å². The van der Waals surface area contributed by atoms with Crippen LogP contribution in [0.5, 0.6) is 0 Å². The first-order valence-corrected chi connectivity index (χ1v) is 7.09. The van der Waals surface area contributed by atoms with Gasteiger partial charge in [-0.15, -0.1) is 0 Å². The van der Waals surface area contributed by atoms with E-state index in [1.807, 2.05) is 0 Å². The molecule has 0 saturated carbocycles. The summed E-state index contributed by atoms with van der Waals surface area (Å²) in [7, 11) is 0. The van der Waals surface area contributed by atoms with Gasteiger partial charge in [0.25, 0.3) is 0 Å². The number of amides is 2. The number of urea groups is 1. The van der Waals surface area contributed by atoms with Gasteiger partial charge in [-0.3, -0.25) is 0 Å². The summed E-state index contributed by atoms with van der Waals surface area (Å²) < 4.78 is 0. The molecule has 0 saturated heterocycles. The molecule has 116 valence electrons. The first kappa shape index (κ1) is 17.0. The number of carbonyl (C=O) groups is 2. The fourth-order valence-electron chi connectivity index (χ4n) is 2.02. The minimum absolute atomic E-state index is 0.238. The molecule has 1 aromatic carbocycles. The van der Waals surface area contributed by atoms with Crippen molar-refractivity contribution in [1.82, 2.24) is 10.2 Å². The van der Waals surface area contributed by atoms with E-state index in [1.165, 1.54) is 6.07 Å². The molecule has 21 heavy (non-hydrogen) atoms. The van der Waals surface area contributed by atoms with Crippen molar-refractivity contribution in [1.29, 1.82) is 0 Å². The Hall–Kier alpha value is -2.08. The number of anilines is 1. The molecule has 0 radical (unpaired) electrons. The number of benzene rings is 1. The highest BCUT2D eigenvalue weighted by molar-refractivity contribution is 5.92. The molecule has 0 atom stereocenters. The van der Waals surface area contributed by atoms with E-state index in [-0.39, 0.29) is 11.6 Å².